The normalized spacial score (nSPS) is 14.2. The van der Waals surface area contributed by atoms with Crippen LogP contribution in [0.1, 0.15) is 41.8 Å². The molecule has 2 aromatic rings. The summed E-state index contributed by atoms with van der Waals surface area (Å²) in [5.41, 5.74) is 1.24. The highest BCUT2D eigenvalue weighted by Crippen LogP contribution is 2.24. The summed E-state index contributed by atoms with van der Waals surface area (Å²) in [6.07, 6.45) is -0.0627. The van der Waals surface area contributed by atoms with Gasteiger partial charge in [0.25, 0.3) is 5.91 Å². The van der Waals surface area contributed by atoms with Gasteiger partial charge in [-0.1, -0.05) is 36.4 Å². The van der Waals surface area contributed by atoms with Gasteiger partial charge in [0.05, 0.1) is 5.56 Å². The molecule has 0 aliphatic carbocycles. The van der Waals surface area contributed by atoms with Crippen molar-refractivity contribution in [1.82, 2.24) is 10.6 Å². The number of anilines is 1. The molecular weight excluding hydrogens is 386 g/mol. The van der Waals surface area contributed by atoms with Crippen LogP contribution < -0.4 is 15.5 Å². The van der Waals surface area contributed by atoms with E-state index in [1.54, 1.807) is 66.4 Å². The second kappa shape index (κ2) is 9.69. The maximum Gasteiger partial charge on any atom is 0.339 e. The highest BCUT2D eigenvalue weighted by molar-refractivity contribution is 6.00. The monoisotopic (exact) mass is 409 g/mol. The van der Waals surface area contributed by atoms with Gasteiger partial charge in [-0.25, -0.2) is 9.59 Å². The maximum atomic E-state index is 12.8. The minimum atomic E-state index is -1.31. The Kier molecular flexibility index (Phi) is 6.79. The molecule has 8 nitrogen and oxygen atoms in total. The lowest BCUT2D eigenvalue weighted by atomic mass is 10.1. The third kappa shape index (κ3) is 5.02. The standard InChI is InChI=1S/C22H23N3O5/c1-2-23-22(29)24-20(27)19(15-8-4-3-5-9-15)30-21(28)16-10-6-11-17(14-16)25-13-7-12-18(25)26/h3-6,8-11,14,19H,2,7,12-13H2,1H3,(H2,23,24,27,29)/t19-/m1/s1. The third-order valence-electron chi connectivity index (χ3n) is 4.61. The Morgan fingerprint density at radius 1 is 1.10 bits per heavy atom. The highest BCUT2D eigenvalue weighted by Gasteiger charge is 2.28. The second-order valence-corrected chi connectivity index (χ2v) is 6.74. The largest absolute Gasteiger partial charge is 0.444 e. The Morgan fingerprint density at radius 3 is 2.53 bits per heavy atom. The van der Waals surface area contributed by atoms with E-state index in [0.29, 0.717) is 30.8 Å². The topological polar surface area (TPSA) is 105 Å². The van der Waals surface area contributed by atoms with E-state index in [4.69, 9.17) is 4.74 Å². The van der Waals surface area contributed by atoms with Crippen molar-refractivity contribution in [3.8, 4) is 0 Å². The van der Waals surface area contributed by atoms with Crippen LogP contribution >= 0.6 is 0 Å². The molecule has 1 aliphatic heterocycles. The van der Waals surface area contributed by atoms with E-state index in [-0.39, 0.29) is 11.5 Å². The average Bonchev–Trinajstić information content (AvgIpc) is 3.18. The molecule has 2 N–H and O–H groups in total. The molecule has 4 amide bonds. The third-order valence-corrected chi connectivity index (χ3v) is 4.61. The fourth-order valence-electron chi connectivity index (χ4n) is 3.18. The summed E-state index contributed by atoms with van der Waals surface area (Å²) in [5.74, 6) is -1.49. The SMILES string of the molecule is CCNC(=O)NC(=O)[C@H](OC(=O)c1cccc(N2CCCC2=O)c1)c1ccccc1. The number of nitrogens with one attached hydrogen (secondary N) is 2. The van der Waals surface area contributed by atoms with Gasteiger partial charge in [-0.15, -0.1) is 0 Å². The molecule has 1 heterocycles. The summed E-state index contributed by atoms with van der Waals surface area (Å²) in [6.45, 7) is 2.66. The van der Waals surface area contributed by atoms with Gasteiger partial charge in [0.15, 0.2) is 0 Å². The lowest BCUT2D eigenvalue weighted by molar-refractivity contribution is -0.129. The molecule has 0 spiro atoms. The van der Waals surface area contributed by atoms with Crippen molar-refractivity contribution in [1.29, 1.82) is 0 Å². The van der Waals surface area contributed by atoms with Crippen molar-refractivity contribution in [3.05, 3.63) is 65.7 Å². The number of hydrogen-bond acceptors (Lipinski definition) is 5. The van der Waals surface area contributed by atoms with E-state index in [1.165, 1.54) is 0 Å². The van der Waals surface area contributed by atoms with Crippen molar-refractivity contribution in [3.63, 3.8) is 0 Å². The van der Waals surface area contributed by atoms with E-state index < -0.39 is 24.0 Å². The fraction of sp³-hybridized carbons (Fsp3) is 0.273. The van der Waals surface area contributed by atoms with Crippen LogP contribution in [0.3, 0.4) is 0 Å². The van der Waals surface area contributed by atoms with E-state index in [9.17, 15) is 19.2 Å². The molecule has 8 heteroatoms. The number of hydrogen-bond donors (Lipinski definition) is 2. The number of amides is 4. The molecule has 0 saturated carbocycles. The molecule has 1 fully saturated rings. The molecule has 3 rings (SSSR count). The first-order valence-corrected chi connectivity index (χ1v) is 9.74. The van der Waals surface area contributed by atoms with E-state index in [0.717, 1.165) is 6.42 Å². The molecule has 30 heavy (non-hydrogen) atoms. The van der Waals surface area contributed by atoms with Crippen molar-refractivity contribution in [2.45, 2.75) is 25.9 Å². The van der Waals surface area contributed by atoms with Gasteiger partial charge < -0.3 is 15.0 Å². The predicted octanol–water partition coefficient (Wildman–Crippen LogP) is 2.56. The summed E-state index contributed by atoms with van der Waals surface area (Å²) < 4.78 is 5.47. The number of carbonyl (C=O) groups excluding carboxylic acids is 4. The summed E-state index contributed by atoms with van der Waals surface area (Å²) in [5, 5.41) is 4.64. The molecular formula is C22H23N3O5. The smallest absolute Gasteiger partial charge is 0.339 e. The van der Waals surface area contributed by atoms with Crippen molar-refractivity contribution in [2.75, 3.05) is 18.0 Å². The molecule has 156 valence electrons. The quantitative estimate of drug-likeness (QED) is 0.714. The van der Waals surface area contributed by atoms with Crippen LogP contribution in [0.4, 0.5) is 10.5 Å². The van der Waals surface area contributed by atoms with Crippen molar-refractivity contribution >= 4 is 29.5 Å². The summed E-state index contributed by atoms with van der Waals surface area (Å²) in [7, 11) is 0. The zero-order chi connectivity index (χ0) is 21.5. The van der Waals surface area contributed by atoms with Gasteiger partial charge in [-0.2, -0.15) is 0 Å². The number of esters is 1. The van der Waals surface area contributed by atoms with Crippen LogP contribution in [0, 0.1) is 0 Å². The zero-order valence-corrected chi connectivity index (χ0v) is 16.6. The molecule has 1 aliphatic rings. The number of urea groups is 1. The maximum absolute atomic E-state index is 12.8. The van der Waals surface area contributed by atoms with Gasteiger partial charge in [-0.3, -0.25) is 14.9 Å². The summed E-state index contributed by atoms with van der Waals surface area (Å²) in [4.78, 5) is 50.7. The Hall–Kier alpha value is -3.68. The summed E-state index contributed by atoms with van der Waals surface area (Å²) in [6, 6.07) is 14.3. The minimum absolute atomic E-state index is 0.00370. The molecule has 1 saturated heterocycles. The van der Waals surface area contributed by atoms with Crippen LogP contribution in [-0.2, 0) is 14.3 Å². The van der Waals surface area contributed by atoms with Gasteiger partial charge >= 0.3 is 12.0 Å². The number of benzene rings is 2. The zero-order valence-electron chi connectivity index (χ0n) is 16.6. The van der Waals surface area contributed by atoms with E-state index in [1.807, 2.05) is 0 Å². The predicted molar refractivity (Wildman–Crippen MR) is 110 cm³/mol. The van der Waals surface area contributed by atoms with Crippen molar-refractivity contribution in [2.24, 2.45) is 0 Å². The van der Waals surface area contributed by atoms with Crippen LogP contribution in [0.25, 0.3) is 0 Å². The molecule has 1 atom stereocenters. The first-order valence-electron chi connectivity index (χ1n) is 9.74. The first-order chi connectivity index (χ1) is 14.5. The first kappa shape index (κ1) is 21.0. The van der Waals surface area contributed by atoms with E-state index >= 15 is 0 Å². The number of nitrogens with zero attached hydrogens (tertiary/aromatic N) is 1. The Balaban J connectivity index is 1.80. The van der Waals surface area contributed by atoms with Gasteiger partial charge in [0, 0.05) is 30.8 Å². The molecule has 0 bridgehead atoms. The average molecular weight is 409 g/mol. The van der Waals surface area contributed by atoms with Crippen LogP contribution in [0.15, 0.2) is 54.6 Å². The lowest BCUT2D eigenvalue weighted by Gasteiger charge is -2.19. The lowest BCUT2D eigenvalue weighted by Crippen LogP contribution is -2.42. The summed E-state index contributed by atoms with van der Waals surface area (Å²) >= 11 is 0. The molecule has 0 radical (unpaired) electrons. The van der Waals surface area contributed by atoms with Gasteiger partial charge in [0.1, 0.15) is 0 Å². The van der Waals surface area contributed by atoms with Gasteiger partial charge in [-0.05, 0) is 31.5 Å². The Bertz CT molecular complexity index is 945. The van der Waals surface area contributed by atoms with E-state index in [2.05, 4.69) is 10.6 Å². The highest BCUT2D eigenvalue weighted by atomic mass is 16.5. The van der Waals surface area contributed by atoms with Crippen LogP contribution in [0.5, 0.6) is 0 Å². The van der Waals surface area contributed by atoms with Crippen molar-refractivity contribution < 1.29 is 23.9 Å². The number of imide groups is 1. The Labute approximate surface area is 174 Å². The number of ether oxygens (including phenoxy) is 1. The molecule has 0 aromatic heterocycles. The van der Waals surface area contributed by atoms with Crippen LogP contribution in [-0.4, -0.2) is 36.9 Å². The molecule has 0 unspecified atom stereocenters. The van der Waals surface area contributed by atoms with Gasteiger partial charge in [0.2, 0.25) is 12.0 Å². The van der Waals surface area contributed by atoms with Crippen LogP contribution in [0.2, 0.25) is 0 Å². The molecule has 2 aromatic carbocycles. The second-order valence-electron chi connectivity index (χ2n) is 6.74. The fourth-order valence-corrected chi connectivity index (χ4v) is 3.18. The number of rotatable bonds is 6. The Morgan fingerprint density at radius 2 is 1.87 bits per heavy atom. The minimum Gasteiger partial charge on any atom is -0.444 e. The number of carbonyl (C=O) groups is 4.